The summed E-state index contributed by atoms with van der Waals surface area (Å²) in [7, 11) is -0.430. The van der Waals surface area contributed by atoms with E-state index < -0.39 is 10.0 Å². The SMILES string of the molecule is COc1cccc(Cn2cc(C(=O)N(C)c3ccc(C)c(S(=O)(=O)N4CCOCC4)c3)c(C(C)C)n2)c1. The van der Waals surface area contributed by atoms with E-state index in [4.69, 9.17) is 14.6 Å². The Labute approximate surface area is 218 Å². The Balaban J connectivity index is 1.63. The monoisotopic (exact) mass is 526 g/mol. The Kier molecular flexibility index (Phi) is 8.01. The first-order valence-corrected chi connectivity index (χ1v) is 13.7. The van der Waals surface area contributed by atoms with E-state index in [0.717, 1.165) is 11.3 Å². The third-order valence-electron chi connectivity index (χ3n) is 6.50. The fraction of sp³-hybridized carbons (Fsp3) is 0.407. The molecule has 4 rings (SSSR count). The van der Waals surface area contributed by atoms with E-state index >= 15 is 0 Å². The number of benzene rings is 2. The van der Waals surface area contributed by atoms with Crippen molar-refractivity contribution >= 4 is 21.6 Å². The van der Waals surface area contributed by atoms with Crippen LogP contribution in [0.4, 0.5) is 5.69 Å². The first-order valence-electron chi connectivity index (χ1n) is 12.3. The van der Waals surface area contributed by atoms with Crippen LogP contribution in [0.25, 0.3) is 0 Å². The van der Waals surface area contributed by atoms with Crippen LogP contribution in [-0.4, -0.2) is 68.9 Å². The van der Waals surface area contributed by atoms with Crippen molar-refractivity contribution in [2.24, 2.45) is 0 Å². The molecule has 3 aromatic rings. The fourth-order valence-corrected chi connectivity index (χ4v) is 6.02. The van der Waals surface area contributed by atoms with Crippen molar-refractivity contribution in [3.8, 4) is 5.75 Å². The van der Waals surface area contributed by atoms with Crippen molar-refractivity contribution in [1.29, 1.82) is 0 Å². The lowest BCUT2D eigenvalue weighted by Crippen LogP contribution is -2.41. The maximum atomic E-state index is 13.7. The third-order valence-corrected chi connectivity index (χ3v) is 8.54. The standard InChI is InChI=1S/C27H34N4O5S/c1-19(2)26-24(18-30(28-26)17-21-7-6-8-23(15-21)35-5)27(32)29(4)22-10-9-20(3)25(16-22)37(33,34)31-11-13-36-14-12-31/h6-10,15-16,18-19H,11-14,17H2,1-5H3. The zero-order valence-electron chi connectivity index (χ0n) is 22.0. The molecule has 1 aromatic heterocycles. The molecule has 10 heteroatoms. The zero-order valence-corrected chi connectivity index (χ0v) is 22.8. The zero-order chi connectivity index (χ0) is 26.7. The summed E-state index contributed by atoms with van der Waals surface area (Å²) >= 11 is 0. The van der Waals surface area contributed by atoms with Gasteiger partial charge in [-0.3, -0.25) is 9.48 Å². The Morgan fingerprint density at radius 3 is 2.57 bits per heavy atom. The largest absolute Gasteiger partial charge is 0.497 e. The van der Waals surface area contributed by atoms with Crippen LogP contribution in [0.1, 0.15) is 46.9 Å². The Morgan fingerprint density at radius 2 is 1.89 bits per heavy atom. The van der Waals surface area contributed by atoms with Gasteiger partial charge in [-0.05, 0) is 48.2 Å². The molecule has 0 radical (unpaired) electrons. The predicted molar refractivity (Wildman–Crippen MR) is 142 cm³/mol. The second-order valence-corrected chi connectivity index (χ2v) is 11.4. The molecule has 0 atom stereocenters. The van der Waals surface area contributed by atoms with Gasteiger partial charge in [0.05, 0.1) is 43.0 Å². The number of morpholine rings is 1. The first kappa shape index (κ1) is 26.8. The summed E-state index contributed by atoms with van der Waals surface area (Å²) in [5.41, 5.74) is 3.30. The molecule has 0 unspecified atom stereocenters. The second kappa shape index (κ2) is 11.0. The Hall–Kier alpha value is -3.21. The number of sulfonamides is 1. The van der Waals surface area contributed by atoms with Crippen LogP contribution in [0.2, 0.25) is 0 Å². The van der Waals surface area contributed by atoms with Crippen LogP contribution in [0.3, 0.4) is 0 Å². The maximum absolute atomic E-state index is 13.7. The van der Waals surface area contributed by atoms with E-state index in [-0.39, 0.29) is 16.7 Å². The molecule has 37 heavy (non-hydrogen) atoms. The number of carbonyl (C=O) groups excluding carboxylic acids is 1. The molecule has 198 valence electrons. The number of nitrogens with zero attached hydrogens (tertiary/aromatic N) is 4. The first-order chi connectivity index (χ1) is 17.6. The number of aromatic nitrogens is 2. The minimum atomic E-state index is -3.71. The summed E-state index contributed by atoms with van der Waals surface area (Å²) in [5.74, 6) is 0.528. The number of carbonyl (C=O) groups is 1. The number of aryl methyl sites for hydroxylation is 1. The lowest BCUT2D eigenvalue weighted by molar-refractivity contribution is 0.0730. The molecule has 2 heterocycles. The molecule has 1 aliphatic heterocycles. The van der Waals surface area contributed by atoms with Crippen LogP contribution in [0.15, 0.2) is 53.6 Å². The van der Waals surface area contributed by atoms with Gasteiger partial charge in [0.2, 0.25) is 10.0 Å². The van der Waals surface area contributed by atoms with Crippen molar-refractivity contribution < 1.29 is 22.7 Å². The molecule has 1 aliphatic rings. The molecule has 0 bridgehead atoms. The third kappa shape index (κ3) is 5.71. The van der Waals surface area contributed by atoms with Gasteiger partial charge in [0.15, 0.2) is 0 Å². The summed E-state index contributed by atoms with van der Waals surface area (Å²) in [5, 5.41) is 4.70. The Bertz CT molecular complexity index is 1380. The van der Waals surface area contributed by atoms with Gasteiger partial charge < -0.3 is 14.4 Å². The van der Waals surface area contributed by atoms with Crippen LogP contribution >= 0.6 is 0 Å². The highest BCUT2D eigenvalue weighted by Crippen LogP contribution is 2.28. The van der Waals surface area contributed by atoms with E-state index in [2.05, 4.69) is 0 Å². The van der Waals surface area contributed by atoms with Crippen molar-refractivity contribution in [2.75, 3.05) is 45.4 Å². The van der Waals surface area contributed by atoms with E-state index in [1.54, 1.807) is 50.2 Å². The van der Waals surface area contributed by atoms with E-state index in [1.165, 1.54) is 9.21 Å². The lowest BCUT2D eigenvalue weighted by atomic mass is 10.1. The number of hydrogen-bond donors (Lipinski definition) is 0. The molecule has 1 amide bonds. The van der Waals surface area contributed by atoms with Gasteiger partial charge in [0.1, 0.15) is 5.75 Å². The summed E-state index contributed by atoms with van der Waals surface area (Å²) in [4.78, 5) is 15.3. The average Bonchev–Trinajstić information content (AvgIpc) is 3.32. The molecule has 9 nitrogen and oxygen atoms in total. The molecule has 2 aromatic carbocycles. The molecular formula is C27H34N4O5S. The molecule has 0 spiro atoms. The topological polar surface area (TPSA) is 94.0 Å². The van der Waals surface area contributed by atoms with Gasteiger partial charge in [-0.2, -0.15) is 9.40 Å². The number of amides is 1. The molecular weight excluding hydrogens is 492 g/mol. The molecule has 1 fully saturated rings. The number of anilines is 1. The quantitative estimate of drug-likeness (QED) is 0.445. The molecule has 0 aliphatic carbocycles. The highest BCUT2D eigenvalue weighted by molar-refractivity contribution is 7.89. The minimum absolute atomic E-state index is 0.0224. The summed E-state index contributed by atoms with van der Waals surface area (Å²) in [6, 6.07) is 12.8. The van der Waals surface area contributed by atoms with Crippen LogP contribution in [0, 0.1) is 6.92 Å². The van der Waals surface area contributed by atoms with Crippen molar-refractivity contribution in [2.45, 2.75) is 38.1 Å². The van der Waals surface area contributed by atoms with Gasteiger partial charge in [0.25, 0.3) is 5.91 Å². The van der Waals surface area contributed by atoms with Crippen molar-refractivity contribution in [3.05, 3.63) is 71.0 Å². The average molecular weight is 527 g/mol. The van der Waals surface area contributed by atoms with Gasteiger partial charge in [-0.15, -0.1) is 0 Å². The van der Waals surface area contributed by atoms with E-state index in [9.17, 15) is 13.2 Å². The highest BCUT2D eigenvalue weighted by Gasteiger charge is 2.29. The van der Waals surface area contributed by atoms with E-state index in [1.807, 2.05) is 38.1 Å². The number of hydrogen-bond acceptors (Lipinski definition) is 6. The van der Waals surface area contributed by atoms with Gasteiger partial charge in [-0.25, -0.2) is 8.42 Å². The van der Waals surface area contributed by atoms with Crippen LogP contribution in [-0.2, 0) is 21.3 Å². The van der Waals surface area contributed by atoms with Gasteiger partial charge in [0, 0.05) is 32.0 Å². The molecule has 0 N–H and O–H groups in total. The second-order valence-electron chi connectivity index (χ2n) is 9.46. The number of methoxy groups -OCH3 is 1. The van der Waals surface area contributed by atoms with Gasteiger partial charge >= 0.3 is 0 Å². The maximum Gasteiger partial charge on any atom is 0.261 e. The van der Waals surface area contributed by atoms with Gasteiger partial charge in [-0.1, -0.05) is 32.0 Å². The normalized spacial score (nSPS) is 14.6. The fourth-order valence-electron chi connectivity index (χ4n) is 4.37. The molecule has 0 saturated carbocycles. The predicted octanol–water partition coefficient (Wildman–Crippen LogP) is 3.67. The minimum Gasteiger partial charge on any atom is -0.497 e. The van der Waals surface area contributed by atoms with E-state index in [0.29, 0.717) is 55.4 Å². The summed E-state index contributed by atoms with van der Waals surface area (Å²) < 4.78 is 40.5. The lowest BCUT2D eigenvalue weighted by Gasteiger charge is -2.27. The highest BCUT2D eigenvalue weighted by atomic mass is 32.2. The molecule has 1 saturated heterocycles. The Morgan fingerprint density at radius 1 is 1.16 bits per heavy atom. The van der Waals surface area contributed by atoms with Crippen molar-refractivity contribution in [3.63, 3.8) is 0 Å². The van der Waals surface area contributed by atoms with Crippen LogP contribution < -0.4 is 9.64 Å². The smallest absolute Gasteiger partial charge is 0.261 e. The van der Waals surface area contributed by atoms with Crippen LogP contribution in [0.5, 0.6) is 5.75 Å². The summed E-state index contributed by atoms with van der Waals surface area (Å²) in [6.07, 6.45) is 1.76. The number of ether oxygens (including phenoxy) is 2. The van der Waals surface area contributed by atoms with Crippen molar-refractivity contribution in [1.82, 2.24) is 14.1 Å². The summed E-state index contributed by atoms with van der Waals surface area (Å²) in [6.45, 7) is 7.60. The number of rotatable bonds is 8.